The molecule has 1 unspecified atom stereocenters. The molecule has 0 spiro atoms. The minimum absolute atomic E-state index is 0.00467. The summed E-state index contributed by atoms with van der Waals surface area (Å²) in [6, 6.07) is 7.96. The standard InChI is InChI=1S/C24H33N5O4/c1-32-15-13-25-22(30)21-17-29(27-26-21)19-6-5-14-28(16-19)23(31)24(11-3-4-12-24)18-7-9-20(33-2)10-8-18/h7-10,17,19H,3-6,11-16H2,1-2H3,(H,25,30). The van der Waals surface area contributed by atoms with Gasteiger partial charge >= 0.3 is 0 Å². The van der Waals surface area contributed by atoms with Gasteiger partial charge in [0.2, 0.25) is 5.91 Å². The van der Waals surface area contributed by atoms with E-state index in [2.05, 4.69) is 15.6 Å². The number of hydrogen-bond donors (Lipinski definition) is 1. The van der Waals surface area contributed by atoms with E-state index in [0.29, 0.717) is 19.7 Å². The molecule has 1 atom stereocenters. The molecule has 1 aromatic heterocycles. The summed E-state index contributed by atoms with van der Waals surface area (Å²) in [6.45, 7) is 2.17. The van der Waals surface area contributed by atoms with Crippen molar-refractivity contribution in [2.75, 3.05) is 40.5 Å². The van der Waals surface area contributed by atoms with Crippen molar-refractivity contribution < 1.29 is 19.1 Å². The zero-order chi connectivity index (χ0) is 23.3. The molecule has 1 aliphatic heterocycles. The van der Waals surface area contributed by atoms with Gasteiger partial charge in [-0.05, 0) is 43.4 Å². The molecule has 1 aromatic carbocycles. The Balaban J connectivity index is 1.47. The SMILES string of the molecule is COCCNC(=O)c1cn(C2CCCN(C(=O)C3(c4ccc(OC)cc4)CCCC3)C2)nn1. The van der Waals surface area contributed by atoms with Crippen molar-refractivity contribution in [3.05, 3.63) is 41.7 Å². The quantitative estimate of drug-likeness (QED) is 0.614. The topological polar surface area (TPSA) is 98.6 Å². The van der Waals surface area contributed by atoms with Crippen LogP contribution in [0.5, 0.6) is 5.75 Å². The van der Waals surface area contributed by atoms with Gasteiger partial charge in [0.15, 0.2) is 5.69 Å². The first-order valence-electron chi connectivity index (χ1n) is 11.7. The summed E-state index contributed by atoms with van der Waals surface area (Å²) >= 11 is 0. The Morgan fingerprint density at radius 3 is 2.61 bits per heavy atom. The number of hydrogen-bond acceptors (Lipinski definition) is 6. The number of aromatic nitrogens is 3. The lowest BCUT2D eigenvalue weighted by atomic mass is 9.77. The normalized spacial score (nSPS) is 19.9. The van der Waals surface area contributed by atoms with E-state index in [1.807, 2.05) is 29.2 Å². The van der Waals surface area contributed by atoms with Crippen molar-refractivity contribution in [2.24, 2.45) is 0 Å². The van der Waals surface area contributed by atoms with Crippen LogP contribution >= 0.6 is 0 Å². The Bertz CT molecular complexity index is 952. The van der Waals surface area contributed by atoms with Gasteiger partial charge < -0.3 is 19.7 Å². The molecule has 178 valence electrons. The van der Waals surface area contributed by atoms with E-state index in [-0.39, 0.29) is 23.6 Å². The molecule has 1 saturated carbocycles. The van der Waals surface area contributed by atoms with Crippen molar-refractivity contribution >= 4 is 11.8 Å². The third-order valence-corrected chi connectivity index (χ3v) is 6.90. The first-order chi connectivity index (χ1) is 16.1. The molecule has 1 aliphatic carbocycles. The van der Waals surface area contributed by atoms with E-state index in [0.717, 1.165) is 56.4 Å². The first kappa shape index (κ1) is 23.2. The molecule has 2 heterocycles. The van der Waals surface area contributed by atoms with Gasteiger partial charge in [-0.1, -0.05) is 30.2 Å². The van der Waals surface area contributed by atoms with E-state index in [4.69, 9.17) is 9.47 Å². The Labute approximate surface area is 194 Å². The van der Waals surface area contributed by atoms with Crippen LogP contribution < -0.4 is 10.1 Å². The number of piperidine rings is 1. The maximum Gasteiger partial charge on any atom is 0.273 e. The zero-order valence-corrected chi connectivity index (χ0v) is 19.5. The van der Waals surface area contributed by atoms with E-state index < -0.39 is 5.41 Å². The average Bonchev–Trinajstić information content (AvgIpc) is 3.55. The number of amides is 2. The highest BCUT2D eigenvalue weighted by atomic mass is 16.5. The van der Waals surface area contributed by atoms with Gasteiger partial charge in [-0.25, -0.2) is 4.68 Å². The largest absolute Gasteiger partial charge is 0.497 e. The second-order valence-corrected chi connectivity index (χ2v) is 8.90. The van der Waals surface area contributed by atoms with Gasteiger partial charge in [0.25, 0.3) is 5.91 Å². The van der Waals surface area contributed by atoms with Crippen molar-refractivity contribution in [3.63, 3.8) is 0 Å². The summed E-state index contributed by atoms with van der Waals surface area (Å²) in [5.74, 6) is 0.726. The average molecular weight is 456 g/mol. The molecule has 9 nitrogen and oxygen atoms in total. The molecule has 2 fully saturated rings. The fourth-order valence-corrected chi connectivity index (χ4v) is 5.09. The predicted octanol–water partition coefficient (Wildman–Crippen LogP) is 2.34. The molecule has 1 saturated heterocycles. The fraction of sp³-hybridized carbons (Fsp3) is 0.583. The molecular weight excluding hydrogens is 422 g/mol. The Hall–Kier alpha value is -2.94. The lowest BCUT2D eigenvalue weighted by Gasteiger charge is -2.39. The number of carbonyl (C=O) groups is 2. The second kappa shape index (κ2) is 10.3. The van der Waals surface area contributed by atoms with Crippen LogP contribution in [0.15, 0.2) is 30.5 Å². The Morgan fingerprint density at radius 2 is 1.91 bits per heavy atom. The maximum absolute atomic E-state index is 13.9. The van der Waals surface area contributed by atoms with Crippen molar-refractivity contribution in [2.45, 2.75) is 50.0 Å². The fourth-order valence-electron chi connectivity index (χ4n) is 5.09. The summed E-state index contributed by atoms with van der Waals surface area (Å²) in [4.78, 5) is 28.1. The third-order valence-electron chi connectivity index (χ3n) is 6.90. The van der Waals surface area contributed by atoms with E-state index in [1.54, 1.807) is 25.1 Å². The number of rotatable bonds is 8. The van der Waals surface area contributed by atoms with Crippen LogP contribution in [0.4, 0.5) is 0 Å². The van der Waals surface area contributed by atoms with Crippen LogP contribution in [0.25, 0.3) is 0 Å². The van der Waals surface area contributed by atoms with Crippen LogP contribution in [-0.4, -0.2) is 72.2 Å². The third kappa shape index (κ3) is 4.88. The number of likely N-dealkylation sites (tertiary alicyclic amines) is 1. The molecule has 2 aromatic rings. The molecule has 2 amide bonds. The van der Waals surface area contributed by atoms with Crippen molar-refractivity contribution in [3.8, 4) is 5.75 Å². The smallest absolute Gasteiger partial charge is 0.273 e. The van der Waals surface area contributed by atoms with E-state index in [1.165, 1.54) is 0 Å². The summed E-state index contributed by atoms with van der Waals surface area (Å²) < 4.78 is 12.0. The van der Waals surface area contributed by atoms with Crippen molar-refractivity contribution in [1.82, 2.24) is 25.2 Å². The maximum atomic E-state index is 13.9. The molecule has 1 N–H and O–H groups in total. The summed E-state index contributed by atoms with van der Waals surface area (Å²) in [5, 5.41) is 11.0. The highest BCUT2D eigenvalue weighted by Gasteiger charge is 2.45. The molecule has 0 radical (unpaired) electrons. The Morgan fingerprint density at radius 1 is 1.15 bits per heavy atom. The summed E-state index contributed by atoms with van der Waals surface area (Å²) in [6.07, 6.45) is 7.32. The molecule has 33 heavy (non-hydrogen) atoms. The van der Waals surface area contributed by atoms with Crippen LogP contribution in [0, 0.1) is 0 Å². The number of nitrogens with one attached hydrogen (secondary N) is 1. The monoisotopic (exact) mass is 455 g/mol. The molecule has 9 heteroatoms. The number of benzene rings is 1. The first-order valence-corrected chi connectivity index (χ1v) is 11.7. The number of carbonyl (C=O) groups excluding carboxylic acids is 2. The molecule has 0 bridgehead atoms. The molecule has 4 rings (SSSR count). The molecular formula is C24H33N5O4. The Kier molecular flexibility index (Phi) is 7.27. The lowest BCUT2D eigenvalue weighted by Crippen LogP contribution is -2.49. The van der Waals surface area contributed by atoms with E-state index >= 15 is 0 Å². The highest BCUT2D eigenvalue weighted by Crippen LogP contribution is 2.43. The van der Waals surface area contributed by atoms with Gasteiger partial charge in [0, 0.05) is 26.7 Å². The van der Waals surface area contributed by atoms with Gasteiger partial charge in [0.1, 0.15) is 5.75 Å². The molecule has 2 aliphatic rings. The van der Waals surface area contributed by atoms with Crippen LogP contribution in [-0.2, 0) is 14.9 Å². The summed E-state index contributed by atoms with van der Waals surface area (Å²) in [7, 11) is 3.24. The van der Waals surface area contributed by atoms with Gasteiger partial charge in [0.05, 0.1) is 31.4 Å². The van der Waals surface area contributed by atoms with Gasteiger partial charge in [-0.2, -0.15) is 0 Å². The minimum atomic E-state index is -0.469. The second-order valence-electron chi connectivity index (χ2n) is 8.90. The van der Waals surface area contributed by atoms with Crippen LogP contribution in [0.1, 0.15) is 60.6 Å². The lowest BCUT2D eigenvalue weighted by molar-refractivity contribution is -0.139. The van der Waals surface area contributed by atoms with Gasteiger partial charge in [-0.15, -0.1) is 5.10 Å². The number of ether oxygens (including phenoxy) is 2. The number of nitrogens with zero attached hydrogens (tertiary/aromatic N) is 4. The van der Waals surface area contributed by atoms with Crippen LogP contribution in [0.2, 0.25) is 0 Å². The minimum Gasteiger partial charge on any atom is -0.497 e. The number of methoxy groups -OCH3 is 2. The van der Waals surface area contributed by atoms with Crippen molar-refractivity contribution in [1.29, 1.82) is 0 Å². The zero-order valence-electron chi connectivity index (χ0n) is 19.5. The summed E-state index contributed by atoms with van der Waals surface area (Å²) in [5.41, 5.74) is 0.881. The van der Waals surface area contributed by atoms with E-state index in [9.17, 15) is 9.59 Å². The predicted molar refractivity (Wildman–Crippen MR) is 122 cm³/mol. The van der Waals surface area contributed by atoms with Gasteiger partial charge in [-0.3, -0.25) is 9.59 Å². The van der Waals surface area contributed by atoms with Crippen LogP contribution in [0.3, 0.4) is 0 Å². The highest BCUT2D eigenvalue weighted by molar-refractivity contribution is 5.91.